The van der Waals surface area contributed by atoms with Crippen LogP contribution in [0.3, 0.4) is 0 Å². The van der Waals surface area contributed by atoms with Gasteiger partial charge in [-0.05, 0) is 37.6 Å². The highest BCUT2D eigenvalue weighted by Gasteiger charge is 2.31. The SMILES string of the molecule is Fc1cc(C(F)(F)F)ccc1OCC1CCCCN1. The van der Waals surface area contributed by atoms with Gasteiger partial charge in [-0.15, -0.1) is 0 Å². The van der Waals surface area contributed by atoms with Gasteiger partial charge in [-0.2, -0.15) is 13.2 Å². The summed E-state index contributed by atoms with van der Waals surface area (Å²) in [6, 6.07) is 2.45. The van der Waals surface area contributed by atoms with Crippen LogP contribution in [0, 0.1) is 5.82 Å². The molecule has 1 aromatic rings. The van der Waals surface area contributed by atoms with E-state index in [9.17, 15) is 17.6 Å². The number of halogens is 4. The highest BCUT2D eigenvalue weighted by molar-refractivity contribution is 5.30. The third kappa shape index (κ3) is 3.83. The number of hydrogen-bond donors (Lipinski definition) is 1. The van der Waals surface area contributed by atoms with Gasteiger partial charge >= 0.3 is 6.18 Å². The zero-order valence-corrected chi connectivity index (χ0v) is 10.3. The number of ether oxygens (including phenoxy) is 1. The van der Waals surface area contributed by atoms with Crippen molar-refractivity contribution in [2.45, 2.75) is 31.5 Å². The van der Waals surface area contributed by atoms with Gasteiger partial charge in [0.25, 0.3) is 0 Å². The predicted octanol–water partition coefficient (Wildman–Crippen LogP) is 3.37. The maximum atomic E-state index is 13.5. The van der Waals surface area contributed by atoms with Crippen LogP contribution in [0.15, 0.2) is 18.2 Å². The Hall–Kier alpha value is -1.30. The Labute approximate surface area is 108 Å². The lowest BCUT2D eigenvalue weighted by molar-refractivity contribution is -0.137. The summed E-state index contributed by atoms with van der Waals surface area (Å²) in [5.74, 6) is -1.12. The first-order valence-corrected chi connectivity index (χ1v) is 6.20. The van der Waals surface area contributed by atoms with Crippen LogP contribution in [0.2, 0.25) is 0 Å². The van der Waals surface area contributed by atoms with E-state index >= 15 is 0 Å². The third-order valence-corrected chi connectivity index (χ3v) is 3.11. The maximum Gasteiger partial charge on any atom is 0.416 e. The Morgan fingerprint density at radius 3 is 2.63 bits per heavy atom. The largest absolute Gasteiger partial charge is 0.489 e. The van der Waals surface area contributed by atoms with Crippen molar-refractivity contribution < 1.29 is 22.3 Å². The van der Waals surface area contributed by atoms with Crippen LogP contribution in [0.25, 0.3) is 0 Å². The second-order valence-electron chi connectivity index (χ2n) is 4.60. The van der Waals surface area contributed by atoms with Crippen LogP contribution in [-0.4, -0.2) is 19.2 Å². The number of piperidine rings is 1. The first-order valence-electron chi connectivity index (χ1n) is 6.20. The van der Waals surface area contributed by atoms with Crippen LogP contribution in [0.4, 0.5) is 17.6 Å². The molecule has 0 spiro atoms. The van der Waals surface area contributed by atoms with Gasteiger partial charge in [0, 0.05) is 6.04 Å². The molecule has 1 N–H and O–H groups in total. The molecular formula is C13H15F4NO. The van der Waals surface area contributed by atoms with Gasteiger partial charge in [0.15, 0.2) is 11.6 Å². The lowest BCUT2D eigenvalue weighted by Gasteiger charge is -2.23. The van der Waals surface area contributed by atoms with Crippen molar-refractivity contribution in [1.29, 1.82) is 0 Å². The van der Waals surface area contributed by atoms with Crippen molar-refractivity contribution in [2.75, 3.05) is 13.2 Å². The summed E-state index contributed by atoms with van der Waals surface area (Å²) in [6.07, 6.45) is -1.42. The summed E-state index contributed by atoms with van der Waals surface area (Å²) in [4.78, 5) is 0. The van der Waals surface area contributed by atoms with Gasteiger partial charge in [0.1, 0.15) is 6.61 Å². The van der Waals surface area contributed by atoms with E-state index in [1.165, 1.54) is 0 Å². The van der Waals surface area contributed by atoms with Gasteiger partial charge < -0.3 is 10.1 Å². The minimum absolute atomic E-state index is 0.135. The molecule has 1 unspecified atom stereocenters. The normalized spacial score (nSPS) is 20.3. The van der Waals surface area contributed by atoms with E-state index < -0.39 is 17.6 Å². The molecule has 1 aromatic carbocycles. The Morgan fingerprint density at radius 2 is 2.05 bits per heavy atom. The van der Waals surface area contributed by atoms with Gasteiger partial charge in [0.2, 0.25) is 0 Å². The molecule has 0 amide bonds. The van der Waals surface area contributed by atoms with Crippen molar-refractivity contribution in [1.82, 2.24) is 5.32 Å². The van der Waals surface area contributed by atoms with E-state index in [-0.39, 0.29) is 18.4 Å². The Balaban J connectivity index is 1.97. The standard InChI is InChI=1S/C13H15F4NO/c14-11-7-9(13(15,16)17)4-5-12(11)19-8-10-3-1-2-6-18-10/h4-5,7,10,18H,1-3,6,8H2. The lowest BCUT2D eigenvalue weighted by atomic mass is 10.1. The van der Waals surface area contributed by atoms with Crippen molar-refractivity contribution in [3.8, 4) is 5.75 Å². The molecule has 106 valence electrons. The molecule has 2 nitrogen and oxygen atoms in total. The molecule has 0 bridgehead atoms. The first-order chi connectivity index (χ1) is 8.97. The number of rotatable bonds is 3. The van der Waals surface area contributed by atoms with Crippen LogP contribution in [-0.2, 0) is 6.18 Å². The first kappa shape index (κ1) is 14.1. The summed E-state index contributed by atoms with van der Waals surface area (Å²) in [7, 11) is 0. The van der Waals surface area contributed by atoms with Crippen LogP contribution < -0.4 is 10.1 Å². The quantitative estimate of drug-likeness (QED) is 0.855. The molecule has 1 heterocycles. The van der Waals surface area contributed by atoms with E-state index in [4.69, 9.17) is 4.74 Å². The van der Waals surface area contributed by atoms with Crippen LogP contribution >= 0.6 is 0 Å². The Kier molecular flexibility index (Phi) is 4.29. The van der Waals surface area contributed by atoms with E-state index in [0.29, 0.717) is 6.07 Å². The summed E-state index contributed by atoms with van der Waals surface area (Å²) in [5.41, 5.74) is -1.01. The summed E-state index contributed by atoms with van der Waals surface area (Å²) in [6.45, 7) is 1.16. The summed E-state index contributed by atoms with van der Waals surface area (Å²) < 4.78 is 55.8. The van der Waals surface area contributed by atoms with Crippen molar-refractivity contribution in [3.05, 3.63) is 29.6 Å². The molecule has 1 atom stereocenters. The third-order valence-electron chi connectivity index (χ3n) is 3.11. The predicted molar refractivity (Wildman–Crippen MR) is 62.5 cm³/mol. The van der Waals surface area contributed by atoms with Crippen LogP contribution in [0.1, 0.15) is 24.8 Å². The highest BCUT2D eigenvalue weighted by Crippen LogP contribution is 2.32. The molecule has 1 aliphatic rings. The fraction of sp³-hybridized carbons (Fsp3) is 0.538. The summed E-state index contributed by atoms with van der Waals surface area (Å²) in [5, 5.41) is 3.22. The highest BCUT2D eigenvalue weighted by atomic mass is 19.4. The second-order valence-corrected chi connectivity index (χ2v) is 4.60. The number of alkyl halides is 3. The lowest BCUT2D eigenvalue weighted by Crippen LogP contribution is -2.38. The molecule has 1 saturated heterocycles. The topological polar surface area (TPSA) is 21.3 Å². The molecule has 0 saturated carbocycles. The molecular weight excluding hydrogens is 262 g/mol. The molecule has 1 fully saturated rings. The Morgan fingerprint density at radius 1 is 1.26 bits per heavy atom. The molecule has 19 heavy (non-hydrogen) atoms. The van der Waals surface area contributed by atoms with Gasteiger partial charge in [-0.1, -0.05) is 6.42 Å². The minimum atomic E-state index is -4.54. The van der Waals surface area contributed by atoms with Gasteiger partial charge in [0.05, 0.1) is 5.56 Å². The zero-order valence-electron chi connectivity index (χ0n) is 10.3. The van der Waals surface area contributed by atoms with E-state index in [1.54, 1.807) is 0 Å². The molecule has 2 rings (SSSR count). The molecule has 0 aliphatic carbocycles. The van der Waals surface area contributed by atoms with Gasteiger partial charge in [-0.3, -0.25) is 0 Å². The molecule has 6 heteroatoms. The molecule has 0 radical (unpaired) electrons. The molecule has 1 aliphatic heterocycles. The number of nitrogens with one attached hydrogen (secondary N) is 1. The van der Waals surface area contributed by atoms with E-state index in [2.05, 4.69) is 5.32 Å². The monoisotopic (exact) mass is 277 g/mol. The maximum absolute atomic E-state index is 13.5. The fourth-order valence-corrected chi connectivity index (χ4v) is 2.05. The number of benzene rings is 1. The Bertz CT molecular complexity index is 427. The summed E-state index contributed by atoms with van der Waals surface area (Å²) >= 11 is 0. The van der Waals surface area contributed by atoms with Crippen molar-refractivity contribution in [2.24, 2.45) is 0 Å². The van der Waals surface area contributed by atoms with Crippen molar-refractivity contribution in [3.63, 3.8) is 0 Å². The smallest absolute Gasteiger partial charge is 0.416 e. The average Bonchev–Trinajstić information content (AvgIpc) is 2.37. The number of hydrogen-bond acceptors (Lipinski definition) is 2. The second kappa shape index (κ2) is 5.77. The van der Waals surface area contributed by atoms with Crippen LogP contribution in [0.5, 0.6) is 5.75 Å². The fourth-order valence-electron chi connectivity index (χ4n) is 2.05. The minimum Gasteiger partial charge on any atom is -0.489 e. The zero-order chi connectivity index (χ0) is 13.9. The molecule has 0 aromatic heterocycles. The van der Waals surface area contributed by atoms with Crippen molar-refractivity contribution >= 4 is 0 Å². The van der Waals surface area contributed by atoms with E-state index in [1.807, 2.05) is 0 Å². The average molecular weight is 277 g/mol. The van der Waals surface area contributed by atoms with E-state index in [0.717, 1.165) is 37.9 Å². The van der Waals surface area contributed by atoms with Gasteiger partial charge in [-0.25, -0.2) is 4.39 Å².